The maximum atomic E-state index is 12.8. The highest BCUT2D eigenvalue weighted by atomic mass is 32.2. The molecule has 0 aromatic carbocycles. The molecule has 1 aliphatic rings. The van der Waals surface area contributed by atoms with Gasteiger partial charge in [0.25, 0.3) is 0 Å². The van der Waals surface area contributed by atoms with Gasteiger partial charge >= 0.3 is 0 Å². The number of ether oxygens (including phenoxy) is 1. The smallest absolute Gasteiger partial charge is 0.242 e. The second kappa shape index (κ2) is 28.2. The molecule has 6 N–H and O–H groups in total. The van der Waals surface area contributed by atoms with Gasteiger partial charge in [-0.2, -0.15) is 0 Å². The highest BCUT2D eigenvalue weighted by Gasteiger charge is 2.39. The van der Waals surface area contributed by atoms with Crippen molar-refractivity contribution >= 4 is 47.1 Å². The van der Waals surface area contributed by atoms with Gasteiger partial charge in [0, 0.05) is 44.6 Å². The summed E-state index contributed by atoms with van der Waals surface area (Å²) in [7, 11) is 0. The van der Waals surface area contributed by atoms with Crippen LogP contribution in [0.3, 0.4) is 0 Å². The Morgan fingerprint density at radius 1 is 0.878 bits per heavy atom. The Balaban J connectivity index is 2.22. The Morgan fingerprint density at radius 3 is 2.12 bits per heavy atom. The minimum Gasteiger partial charge on any atom is -0.394 e. The largest absolute Gasteiger partial charge is 0.394 e. The summed E-state index contributed by atoms with van der Waals surface area (Å²) in [6.45, 7) is 4.60. The number of Topliss-reactive ketones (excluding diaryl/α,β-unsaturated/α-hetero) is 1. The van der Waals surface area contributed by atoms with Crippen LogP contribution in [0, 0.1) is 0 Å². The summed E-state index contributed by atoms with van der Waals surface area (Å²) in [4.78, 5) is 75.4. The van der Waals surface area contributed by atoms with Crippen LogP contribution in [0.2, 0.25) is 0 Å². The summed E-state index contributed by atoms with van der Waals surface area (Å²) in [5.41, 5.74) is 6.07. The number of nitrogens with zero attached hydrogens (tertiary/aromatic N) is 1. The highest BCUT2D eigenvalue weighted by Crippen LogP contribution is 2.26. The Bertz CT molecular complexity index is 1000. The summed E-state index contributed by atoms with van der Waals surface area (Å²) < 4.78 is 5.07. The van der Waals surface area contributed by atoms with Crippen molar-refractivity contribution < 1.29 is 38.6 Å². The van der Waals surface area contributed by atoms with Crippen molar-refractivity contribution in [1.29, 1.82) is 0 Å². The lowest BCUT2D eigenvalue weighted by atomic mass is 10.1. The van der Waals surface area contributed by atoms with Gasteiger partial charge < -0.3 is 31.5 Å². The van der Waals surface area contributed by atoms with Crippen molar-refractivity contribution in [1.82, 2.24) is 20.9 Å². The second-order valence-electron chi connectivity index (χ2n) is 12.8. The van der Waals surface area contributed by atoms with Crippen LogP contribution in [0.1, 0.15) is 123 Å². The van der Waals surface area contributed by atoms with Gasteiger partial charge in [0.05, 0.1) is 37.2 Å². The summed E-state index contributed by atoms with van der Waals surface area (Å²) >= 11 is 1.12. The van der Waals surface area contributed by atoms with E-state index in [9.17, 15) is 28.8 Å². The van der Waals surface area contributed by atoms with E-state index in [4.69, 9.17) is 15.6 Å². The molecule has 1 rings (SSSR count). The van der Waals surface area contributed by atoms with E-state index in [-0.39, 0.29) is 69.1 Å². The van der Waals surface area contributed by atoms with Gasteiger partial charge in [-0.1, -0.05) is 71.1 Å². The molecule has 1 aliphatic heterocycles. The molecule has 1 saturated heterocycles. The fourth-order valence-corrected chi connectivity index (χ4v) is 6.66. The van der Waals surface area contributed by atoms with Gasteiger partial charge in [-0.05, 0) is 32.6 Å². The molecule has 0 aromatic heterocycles. The molecular weight excluding hydrogens is 650 g/mol. The third kappa shape index (κ3) is 21.3. The average Bonchev–Trinajstić information content (AvgIpc) is 3.34. The van der Waals surface area contributed by atoms with Crippen molar-refractivity contribution in [3.8, 4) is 0 Å². The van der Waals surface area contributed by atoms with Crippen LogP contribution in [-0.4, -0.2) is 108 Å². The van der Waals surface area contributed by atoms with E-state index in [1.807, 2.05) is 0 Å². The van der Waals surface area contributed by atoms with Crippen LogP contribution < -0.4 is 21.7 Å². The molecule has 1 fully saturated rings. The van der Waals surface area contributed by atoms with E-state index in [0.717, 1.165) is 29.5 Å². The van der Waals surface area contributed by atoms with Crippen LogP contribution in [0.25, 0.3) is 0 Å². The van der Waals surface area contributed by atoms with Crippen molar-refractivity contribution in [2.45, 2.75) is 140 Å². The number of hydrogen-bond donors (Lipinski definition) is 5. The Morgan fingerprint density at radius 2 is 1.49 bits per heavy atom. The number of aliphatic hydroxyl groups excluding tert-OH is 1. The maximum Gasteiger partial charge on any atom is 0.242 e. The SMILES string of the molecule is CCCCCCCCCCCCCC(=O)NCCCC[C@H](N)C(=O)N[C@@H](CSC1CC(=O)N(CCC(=O)NCCOCCO)C1=O)C(C)=O. The maximum absolute atomic E-state index is 12.8. The number of unbranched alkanes of at least 4 members (excludes halogenated alkanes) is 11. The minimum atomic E-state index is -0.867. The topological polar surface area (TPSA) is 197 Å². The van der Waals surface area contributed by atoms with Crippen molar-refractivity contribution in [3.05, 3.63) is 0 Å². The first-order valence-corrected chi connectivity index (χ1v) is 19.4. The number of ketones is 1. The fourth-order valence-electron chi connectivity index (χ4n) is 5.39. The molecule has 0 aromatic rings. The predicted octanol–water partition coefficient (Wildman–Crippen LogP) is 2.75. The Kier molecular flexibility index (Phi) is 25.6. The van der Waals surface area contributed by atoms with Gasteiger partial charge in [0.2, 0.25) is 29.5 Å². The van der Waals surface area contributed by atoms with E-state index in [1.54, 1.807) is 0 Å². The number of nitrogens with one attached hydrogen (secondary N) is 3. The number of hydrogen-bond acceptors (Lipinski definition) is 10. The van der Waals surface area contributed by atoms with Crippen LogP contribution in [-0.2, 0) is 33.5 Å². The molecule has 1 heterocycles. The number of aliphatic hydroxyl groups is 1. The minimum absolute atomic E-state index is 0.0476. The molecule has 5 amide bonds. The Hall–Kier alpha value is -2.55. The number of imide groups is 1. The van der Waals surface area contributed by atoms with Crippen LogP contribution in [0.5, 0.6) is 0 Å². The third-order valence-corrected chi connectivity index (χ3v) is 9.75. The molecule has 0 radical (unpaired) electrons. The number of thioether (sulfide) groups is 1. The summed E-state index contributed by atoms with van der Waals surface area (Å²) in [6, 6.07) is -1.69. The van der Waals surface area contributed by atoms with E-state index < -0.39 is 35.1 Å². The number of amides is 5. The predicted molar refractivity (Wildman–Crippen MR) is 192 cm³/mol. The van der Waals surface area contributed by atoms with Crippen LogP contribution in [0.4, 0.5) is 0 Å². The molecule has 1 unspecified atom stereocenters. The molecule has 0 spiro atoms. The number of nitrogens with two attached hydrogens (primary N) is 1. The molecule has 49 heavy (non-hydrogen) atoms. The monoisotopic (exact) mass is 713 g/mol. The first-order valence-electron chi connectivity index (χ1n) is 18.3. The van der Waals surface area contributed by atoms with E-state index >= 15 is 0 Å². The van der Waals surface area contributed by atoms with E-state index in [2.05, 4.69) is 22.9 Å². The third-order valence-electron chi connectivity index (χ3n) is 8.45. The number of likely N-dealkylation sites (tertiary alicyclic amines) is 1. The zero-order chi connectivity index (χ0) is 36.3. The lowest BCUT2D eigenvalue weighted by molar-refractivity contribution is -0.138. The van der Waals surface area contributed by atoms with Gasteiger partial charge in [-0.3, -0.25) is 33.7 Å². The highest BCUT2D eigenvalue weighted by molar-refractivity contribution is 8.00. The molecule has 0 saturated carbocycles. The average molecular weight is 714 g/mol. The summed E-state index contributed by atoms with van der Waals surface area (Å²) in [6.07, 6.45) is 15.8. The molecule has 13 nitrogen and oxygen atoms in total. The zero-order valence-corrected chi connectivity index (χ0v) is 30.8. The number of rotatable bonds is 31. The lowest BCUT2D eigenvalue weighted by Gasteiger charge is -2.20. The van der Waals surface area contributed by atoms with Crippen molar-refractivity contribution in [2.75, 3.05) is 45.2 Å². The molecular formula is C35H63N5O8S. The molecule has 14 heteroatoms. The van der Waals surface area contributed by atoms with E-state index in [0.29, 0.717) is 32.2 Å². The second-order valence-corrected chi connectivity index (χ2v) is 14.0. The number of carbonyl (C=O) groups excluding carboxylic acids is 6. The molecule has 3 atom stereocenters. The molecule has 0 bridgehead atoms. The first kappa shape index (κ1) is 44.5. The van der Waals surface area contributed by atoms with Gasteiger partial charge in [-0.25, -0.2) is 0 Å². The zero-order valence-electron chi connectivity index (χ0n) is 29.9. The van der Waals surface area contributed by atoms with Crippen LogP contribution in [0.15, 0.2) is 0 Å². The van der Waals surface area contributed by atoms with Gasteiger partial charge in [0.1, 0.15) is 0 Å². The summed E-state index contributed by atoms with van der Waals surface area (Å²) in [5, 5.41) is 16.2. The normalized spacial score (nSPS) is 15.7. The van der Waals surface area contributed by atoms with Crippen LogP contribution >= 0.6 is 11.8 Å². The van der Waals surface area contributed by atoms with Gasteiger partial charge in [-0.15, -0.1) is 11.8 Å². The van der Waals surface area contributed by atoms with Crippen molar-refractivity contribution in [3.63, 3.8) is 0 Å². The summed E-state index contributed by atoms with van der Waals surface area (Å²) in [5.74, 6) is -1.76. The van der Waals surface area contributed by atoms with Gasteiger partial charge in [0.15, 0.2) is 5.78 Å². The Labute approximate surface area is 297 Å². The van der Waals surface area contributed by atoms with E-state index in [1.165, 1.54) is 64.7 Å². The lowest BCUT2D eigenvalue weighted by Crippen LogP contribution is -2.49. The molecule has 0 aliphatic carbocycles. The first-order chi connectivity index (χ1) is 23.6. The quantitative estimate of drug-likeness (QED) is 0.0526. The van der Waals surface area contributed by atoms with Crippen molar-refractivity contribution in [2.24, 2.45) is 5.73 Å². The number of carbonyl (C=O) groups is 6. The molecule has 282 valence electrons. The fraction of sp³-hybridized carbons (Fsp3) is 0.829. The standard InChI is InChI=1S/C35H63N5O8S/c1-3-4-5-6-7-8-9-10-11-12-13-17-31(43)37-19-15-14-16-28(36)34(46)39-29(27(2)42)26-49-30-25-33(45)40(35(30)47)21-18-32(44)38-20-23-48-24-22-41/h28-30,41H,3-26,36H2,1-2H3,(H,37,43)(H,38,44)(H,39,46)/t28-,29-,30?/m0/s1.